The highest BCUT2D eigenvalue weighted by Gasteiger charge is 2.09. The topological polar surface area (TPSA) is 32.3 Å². The minimum absolute atomic E-state index is 0.00153. The summed E-state index contributed by atoms with van der Waals surface area (Å²) in [4.78, 5) is 0. The lowest BCUT2D eigenvalue weighted by Gasteiger charge is -2.18. The number of phenols is 1. The van der Waals surface area contributed by atoms with Crippen molar-refractivity contribution < 1.29 is 9.50 Å². The van der Waals surface area contributed by atoms with Crippen LogP contribution in [0.1, 0.15) is 29.7 Å². The van der Waals surface area contributed by atoms with Gasteiger partial charge in [-0.3, -0.25) is 0 Å². The number of aryl methyl sites for hydroxylation is 2. The first-order valence-electron chi connectivity index (χ1n) is 6.29. The van der Waals surface area contributed by atoms with Gasteiger partial charge in [0.2, 0.25) is 0 Å². The van der Waals surface area contributed by atoms with E-state index in [9.17, 15) is 9.50 Å². The van der Waals surface area contributed by atoms with E-state index in [-0.39, 0.29) is 11.9 Å². The molecule has 0 saturated carbocycles. The van der Waals surface area contributed by atoms with Gasteiger partial charge in [0.15, 0.2) is 0 Å². The monoisotopic (exact) mass is 259 g/mol. The average molecular weight is 259 g/mol. The number of benzene rings is 2. The third-order valence-corrected chi connectivity index (χ3v) is 3.26. The van der Waals surface area contributed by atoms with Crippen molar-refractivity contribution in [1.29, 1.82) is 0 Å². The van der Waals surface area contributed by atoms with Gasteiger partial charge >= 0.3 is 0 Å². The van der Waals surface area contributed by atoms with Gasteiger partial charge in [-0.25, -0.2) is 4.39 Å². The normalized spacial score (nSPS) is 12.2. The fourth-order valence-corrected chi connectivity index (χ4v) is 2.05. The molecule has 0 aliphatic carbocycles. The smallest absolute Gasteiger partial charge is 0.123 e. The van der Waals surface area contributed by atoms with E-state index in [1.54, 1.807) is 12.1 Å². The lowest BCUT2D eigenvalue weighted by molar-refractivity contribution is 0.470. The summed E-state index contributed by atoms with van der Waals surface area (Å²) in [5.74, 6) is 0.0613. The van der Waals surface area contributed by atoms with E-state index in [4.69, 9.17) is 0 Å². The molecule has 100 valence electrons. The van der Waals surface area contributed by atoms with E-state index in [0.29, 0.717) is 5.75 Å². The van der Waals surface area contributed by atoms with Crippen LogP contribution in [0, 0.1) is 19.7 Å². The Morgan fingerprint density at radius 3 is 2.53 bits per heavy atom. The first-order valence-corrected chi connectivity index (χ1v) is 6.29. The Labute approximate surface area is 112 Å². The van der Waals surface area contributed by atoms with E-state index in [1.807, 2.05) is 32.9 Å². The second-order valence-electron chi connectivity index (χ2n) is 4.87. The lowest BCUT2D eigenvalue weighted by Crippen LogP contribution is -2.08. The van der Waals surface area contributed by atoms with Crippen molar-refractivity contribution in [3.8, 4) is 5.75 Å². The van der Waals surface area contributed by atoms with Gasteiger partial charge in [0, 0.05) is 11.7 Å². The number of hydrogen-bond donors (Lipinski definition) is 2. The molecule has 0 aliphatic rings. The number of phenolic OH excluding ortho intramolecular Hbond substituents is 1. The average Bonchev–Trinajstić information content (AvgIpc) is 2.36. The van der Waals surface area contributed by atoms with E-state index in [1.165, 1.54) is 12.1 Å². The molecule has 0 aliphatic heterocycles. The molecule has 0 heterocycles. The Morgan fingerprint density at radius 1 is 1.11 bits per heavy atom. The molecule has 2 aromatic carbocycles. The first-order chi connectivity index (χ1) is 8.97. The van der Waals surface area contributed by atoms with Crippen molar-refractivity contribution >= 4 is 5.69 Å². The lowest BCUT2D eigenvalue weighted by atomic mass is 10.1. The molecule has 1 unspecified atom stereocenters. The van der Waals surface area contributed by atoms with Crippen LogP contribution in [-0.4, -0.2) is 5.11 Å². The van der Waals surface area contributed by atoms with Gasteiger partial charge in [-0.1, -0.05) is 12.1 Å². The van der Waals surface area contributed by atoms with E-state index >= 15 is 0 Å². The third kappa shape index (κ3) is 3.05. The third-order valence-electron chi connectivity index (χ3n) is 3.26. The molecule has 0 radical (unpaired) electrons. The zero-order chi connectivity index (χ0) is 14.0. The quantitative estimate of drug-likeness (QED) is 0.804. The van der Waals surface area contributed by atoms with Crippen molar-refractivity contribution in [1.82, 2.24) is 0 Å². The minimum Gasteiger partial charge on any atom is -0.508 e. The van der Waals surface area contributed by atoms with Crippen LogP contribution in [0.25, 0.3) is 0 Å². The van der Waals surface area contributed by atoms with Crippen LogP contribution in [0.3, 0.4) is 0 Å². The predicted octanol–water partition coefficient (Wildman–Crippen LogP) is 4.32. The molecule has 0 saturated heterocycles. The predicted molar refractivity (Wildman–Crippen MR) is 76.0 cm³/mol. The van der Waals surface area contributed by atoms with Gasteiger partial charge < -0.3 is 10.4 Å². The highest BCUT2D eigenvalue weighted by atomic mass is 19.1. The summed E-state index contributed by atoms with van der Waals surface area (Å²) in [6.07, 6.45) is 0. The van der Waals surface area contributed by atoms with E-state index in [0.717, 1.165) is 22.4 Å². The largest absolute Gasteiger partial charge is 0.508 e. The second kappa shape index (κ2) is 5.31. The van der Waals surface area contributed by atoms with Gasteiger partial charge in [0.25, 0.3) is 0 Å². The van der Waals surface area contributed by atoms with Crippen LogP contribution in [0.2, 0.25) is 0 Å². The Balaban J connectivity index is 2.24. The molecule has 3 heteroatoms. The van der Waals surface area contributed by atoms with Crippen LogP contribution in [0.15, 0.2) is 36.4 Å². The molecule has 0 aromatic heterocycles. The van der Waals surface area contributed by atoms with E-state index < -0.39 is 0 Å². The molecule has 0 spiro atoms. The molecular weight excluding hydrogens is 241 g/mol. The fraction of sp³-hybridized carbons (Fsp3) is 0.250. The van der Waals surface area contributed by atoms with Gasteiger partial charge in [-0.05, 0) is 61.7 Å². The highest BCUT2D eigenvalue weighted by Crippen LogP contribution is 2.28. The van der Waals surface area contributed by atoms with Crippen LogP contribution >= 0.6 is 0 Å². The summed E-state index contributed by atoms with van der Waals surface area (Å²) < 4.78 is 13.2. The summed E-state index contributed by atoms with van der Waals surface area (Å²) in [7, 11) is 0. The number of halogens is 1. The number of nitrogens with one attached hydrogen (secondary N) is 1. The van der Waals surface area contributed by atoms with Crippen LogP contribution in [0.5, 0.6) is 5.75 Å². The summed E-state index contributed by atoms with van der Waals surface area (Å²) in [5.41, 5.74) is 3.63. The van der Waals surface area contributed by atoms with Crippen LogP contribution in [0.4, 0.5) is 10.1 Å². The molecular formula is C16H18FNO. The maximum Gasteiger partial charge on any atom is 0.123 e. The van der Waals surface area contributed by atoms with Crippen LogP contribution in [-0.2, 0) is 0 Å². The number of aromatic hydroxyl groups is 1. The van der Waals surface area contributed by atoms with Crippen molar-refractivity contribution in [3.63, 3.8) is 0 Å². The molecule has 0 amide bonds. The second-order valence-corrected chi connectivity index (χ2v) is 4.87. The van der Waals surface area contributed by atoms with Gasteiger partial charge in [0.05, 0.1) is 0 Å². The maximum atomic E-state index is 13.2. The van der Waals surface area contributed by atoms with Gasteiger partial charge in [-0.15, -0.1) is 0 Å². The van der Waals surface area contributed by atoms with Crippen molar-refractivity contribution in [3.05, 3.63) is 58.9 Å². The number of rotatable bonds is 3. The molecule has 2 nitrogen and oxygen atoms in total. The Bertz CT molecular complexity index is 595. The van der Waals surface area contributed by atoms with Crippen molar-refractivity contribution in [2.45, 2.75) is 26.8 Å². The van der Waals surface area contributed by atoms with Gasteiger partial charge in [0.1, 0.15) is 11.6 Å². The molecule has 2 N–H and O–H groups in total. The molecule has 0 bridgehead atoms. The van der Waals surface area contributed by atoms with Crippen molar-refractivity contribution in [2.24, 2.45) is 0 Å². The Morgan fingerprint density at radius 2 is 1.84 bits per heavy atom. The Hall–Kier alpha value is -2.03. The molecule has 1 atom stereocenters. The summed E-state index contributed by atoms with van der Waals surface area (Å²) in [6, 6.07) is 10.2. The molecule has 2 rings (SSSR count). The first kappa shape index (κ1) is 13.4. The summed E-state index contributed by atoms with van der Waals surface area (Å²) in [5, 5.41) is 13.0. The van der Waals surface area contributed by atoms with Crippen molar-refractivity contribution in [2.75, 3.05) is 5.32 Å². The summed E-state index contributed by atoms with van der Waals surface area (Å²) in [6.45, 7) is 5.77. The number of anilines is 1. The number of hydrogen-bond acceptors (Lipinski definition) is 2. The zero-order valence-electron chi connectivity index (χ0n) is 11.4. The van der Waals surface area contributed by atoms with Gasteiger partial charge in [-0.2, -0.15) is 0 Å². The Kier molecular flexibility index (Phi) is 3.74. The molecule has 2 aromatic rings. The summed E-state index contributed by atoms with van der Waals surface area (Å²) >= 11 is 0. The van der Waals surface area contributed by atoms with Crippen LogP contribution < -0.4 is 5.32 Å². The fourth-order valence-electron chi connectivity index (χ4n) is 2.05. The van der Waals surface area contributed by atoms with E-state index in [2.05, 4.69) is 5.32 Å². The molecule has 19 heavy (non-hydrogen) atoms. The zero-order valence-corrected chi connectivity index (χ0v) is 11.4. The SMILES string of the molecule is Cc1cc(NC(C)c2cccc(F)c2)c(C)cc1O. The maximum absolute atomic E-state index is 13.2. The molecule has 0 fully saturated rings. The minimum atomic E-state index is -0.232. The standard InChI is InChI=1S/C16H18FNO/c1-10-8-16(19)11(2)7-15(10)18-12(3)13-5-4-6-14(17)9-13/h4-9,12,18-19H,1-3H3. The highest BCUT2D eigenvalue weighted by molar-refractivity contribution is 5.57.